The van der Waals surface area contributed by atoms with E-state index in [-0.39, 0.29) is 11.9 Å². The number of nitrogens with two attached hydrogens (primary N) is 1. The van der Waals surface area contributed by atoms with Gasteiger partial charge in [0.25, 0.3) is 5.91 Å². The molecule has 0 aliphatic rings. The highest BCUT2D eigenvalue weighted by molar-refractivity contribution is 7.09. The summed E-state index contributed by atoms with van der Waals surface area (Å²) in [7, 11) is 4.08. The van der Waals surface area contributed by atoms with Crippen molar-refractivity contribution in [2.75, 3.05) is 20.6 Å². The molecule has 1 aromatic heterocycles. The number of nitrogens with zero attached hydrogens (tertiary/aromatic N) is 2. The average molecular weight is 298 g/mol. The van der Waals surface area contributed by atoms with Crippen molar-refractivity contribution in [1.82, 2.24) is 15.2 Å². The molecule has 0 aliphatic carbocycles. The van der Waals surface area contributed by atoms with Crippen molar-refractivity contribution < 1.29 is 4.79 Å². The summed E-state index contributed by atoms with van der Waals surface area (Å²) in [5, 5.41) is 5.52. The van der Waals surface area contributed by atoms with E-state index >= 15 is 0 Å². The summed E-state index contributed by atoms with van der Waals surface area (Å²) >= 11 is 1.43. The molecule has 0 saturated carbocycles. The predicted octanol–water partition coefficient (Wildman–Crippen LogP) is 1.87. The van der Waals surface area contributed by atoms with Gasteiger partial charge in [0.15, 0.2) is 0 Å². The quantitative estimate of drug-likeness (QED) is 0.806. The molecule has 114 valence electrons. The first-order chi connectivity index (χ1) is 9.31. The number of carbonyl (C=O) groups excluding carboxylic acids is 1. The topological polar surface area (TPSA) is 71.2 Å². The third-order valence-corrected chi connectivity index (χ3v) is 4.16. The van der Waals surface area contributed by atoms with Crippen molar-refractivity contribution in [2.45, 2.75) is 39.3 Å². The zero-order valence-electron chi connectivity index (χ0n) is 13.0. The van der Waals surface area contributed by atoms with E-state index < -0.39 is 0 Å². The molecule has 0 bridgehead atoms. The minimum absolute atomic E-state index is 0.122. The maximum atomic E-state index is 12.1. The van der Waals surface area contributed by atoms with Crippen LogP contribution >= 0.6 is 11.3 Å². The van der Waals surface area contributed by atoms with Gasteiger partial charge in [0, 0.05) is 18.0 Å². The summed E-state index contributed by atoms with van der Waals surface area (Å²) in [6.07, 6.45) is 1.05. The molecule has 20 heavy (non-hydrogen) atoms. The van der Waals surface area contributed by atoms with Gasteiger partial charge in [0.05, 0.1) is 6.04 Å². The molecular weight excluding hydrogens is 272 g/mol. The summed E-state index contributed by atoms with van der Waals surface area (Å²) in [6, 6.07) is 0.211. The Morgan fingerprint density at radius 3 is 2.55 bits per heavy atom. The lowest BCUT2D eigenvalue weighted by atomic mass is 10.0. The van der Waals surface area contributed by atoms with E-state index in [2.05, 4.69) is 29.0 Å². The van der Waals surface area contributed by atoms with Crippen molar-refractivity contribution in [2.24, 2.45) is 11.7 Å². The molecule has 0 saturated heterocycles. The molecule has 3 N–H and O–H groups in total. The van der Waals surface area contributed by atoms with E-state index in [9.17, 15) is 4.79 Å². The van der Waals surface area contributed by atoms with E-state index in [0.717, 1.165) is 11.4 Å². The van der Waals surface area contributed by atoms with Crippen LogP contribution in [-0.4, -0.2) is 42.5 Å². The van der Waals surface area contributed by atoms with Gasteiger partial charge in [-0.2, -0.15) is 0 Å². The number of thiazole rings is 1. The second-order valence-electron chi connectivity index (χ2n) is 5.82. The zero-order valence-corrected chi connectivity index (χ0v) is 13.8. The van der Waals surface area contributed by atoms with Crippen molar-refractivity contribution in [1.29, 1.82) is 0 Å². The number of hydrogen-bond donors (Lipinski definition) is 2. The summed E-state index contributed by atoms with van der Waals surface area (Å²) in [5.41, 5.74) is 6.22. The van der Waals surface area contributed by atoms with Crippen molar-refractivity contribution in [3.8, 4) is 0 Å². The molecule has 0 fully saturated rings. The fourth-order valence-electron chi connectivity index (χ4n) is 1.92. The lowest BCUT2D eigenvalue weighted by Gasteiger charge is -2.26. The fraction of sp³-hybridized carbons (Fsp3) is 0.714. The maximum absolute atomic E-state index is 12.1. The number of carbonyl (C=O) groups is 1. The smallest absolute Gasteiger partial charge is 0.270 e. The Morgan fingerprint density at radius 2 is 2.10 bits per heavy atom. The molecule has 0 radical (unpaired) electrons. The molecular formula is C14H26N4OS. The minimum Gasteiger partial charge on any atom is -0.349 e. The van der Waals surface area contributed by atoms with Crippen LogP contribution in [0.5, 0.6) is 0 Å². The van der Waals surface area contributed by atoms with Crippen LogP contribution in [0.4, 0.5) is 0 Å². The summed E-state index contributed by atoms with van der Waals surface area (Å²) in [4.78, 5) is 18.5. The molecule has 2 atom stereocenters. The molecule has 0 spiro atoms. The number of hydrogen-bond acceptors (Lipinski definition) is 5. The molecule has 1 amide bonds. The first-order valence-electron chi connectivity index (χ1n) is 6.96. The summed E-state index contributed by atoms with van der Waals surface area (Å²) in [5.74, 6) is 0.479. The molecule has 2 unspecified atom stereocenters. The number of amides is 1. The second kappa shape index (κ2) is 7.71. The Labute approximate surface area is 125 Å². The third-order valence-electron chi connectivity index (χ3n) is 3.12. The van der Waals surface area contributed by atoms with Gasteiger partial charge < -0.3 is 16.0 Å². The highest BCUT2D eigenvalue weighted by Gasteiger charge is 2.17. The Bertz CT molecular complexity index is 429. The summed E-state index contributed by atoms with van der Waals surface area (Å²) < 4.78 is 0. The van der Waals surface area contributed by atoms with Crippen LogP contribution in [-0.2, 0) is 0 Å². The van der Waals surface area contributed by atoms with Gasteiger partial charge in [-0.1, -0.05) is 13.8 Å². The summed E-state index contributed by atoms with van der Waals surface area (Å²) in [6.45, 7) is 6.88. The minimum atomic E-state index is -0.128. The van der Waals surface area contributed by atoms with Crippen LogP contribution in [0, 0.1) is 5.92 Å². The lowest BCUT2D eigenvalue weighted by molar-refractivity contribution is 0.0934. The van der Waals surface area contributed by atoms with Gasteiger partial charge in [0.2, 0.25) is 0 Å². The molecule has 0 aliphatic heterocycles. The molecule has 1 rings (SSSR count). The number of aromatic nitrogens is 1. The van der Waals surface area contributed by atoms with Crippen molar-refractivity contribution >= 4 is 17.2 Å². The molecule has 6 heteroatoms. The number of likely N-dealkylation sites (N-methyl/N-ethyl adjacent to an activating group) is 1. The Hall–Kier alpha value is -0.980. The first-order valence-corrected chi connectivity index (χ1v) is 7.84. The normalized spacial score (nSPS) is 14.6. The van der Waals surface area contributed by atoms with Gasteiger partial charge in [-0.15, -0.1) is 11.3 Å². The third kappa shape index (κ3) is 5.19. The number of nitrogens with one attached hydrogen (secondary N) is 1. The Morgan fingerprint density at radius 1 is 1.45 bits per heavy atom. The van der Waals surface area contributed by atoms with Crippen molar-refractivity contribution in [3.63, 3.8) is 0 Å². The lowest BCUT2D eigenvalue weighted by Crippen LogP contribution is -2.41. The van der Waals surface area contributed by atoms with Crippen LogP contribution < -0.4 is 11.1 Å². The van der Waals surface area contributed by atoms with Gasteiger partial charge in [0.1, 0.15) is 10.7 Å². The SMILES string of the molecule is CC(C)CC(CNC(=O)c1csc(C(C)N)n1)N(C)C. The van der Waals surface area contributed by atoms with Crippen LogP contribution in [0.15, 0.2) is 5.38 Å². The Balaban J connectivity index is 2.56. The highest BCUT2D eigenvalue weighted by Crippen LogP contribution is 2.16. The van der Waals surface area contributed by atoms with Crippen LogP contribution in [0.3, 0.4) is 0 Å². The second-order valence-corrected chi connectivity index (χ2v) is 6.71. The van der Waals surface area contributed by atoms with Crippen LogP contribution in [0.25, 0.3) is 0 Å². The monoisotopic (exact) mass is 298 g/mol. The van der Waals surface area contributed by atoms with Gasteiger partial charge in [-0.3, -0.25) is 4.79 Å². The molecule has 1 aromatic rings. The van der Waals surface area contributed by atoms with E-state index in [1.807, 2.05) is 21.0 Å². The molecule has 1 heterocycles. The van der Waals surface area contributed by atoms with Gasteiger partial charge >= 0.3 is 0 Å². The first kappa shape index (κ1) is 17.1. The Kier molecular flexibility index (Phi) is 6.58. The van der Waals surface area contributed by atoms with Gasteiger partial charge in [-0.05, 0) is 33.4 Å². The predicted molar refractivity (Wildman–Crippen MR) is 84.0 cm³/mol. The van der Waals surface area contributed by atoms with E-state index in [1.54, 1.807) is 5.38 Å². The molecule has 5 nitrogen and oxygen atoms in total. The van der Waals surface area contributed by atoms with Crippen LogP contribution in [0.2, 0.25) is 0 Å². The highest BCUT2D eigenvalue weighted by atomic mass is 32.1. The van der Waals surface area contributed by atoms with Crippen molar-refractivity contribution in [3.05, 3.63) is 16.1 Å². The van der Waals surface area contributed by atoms with E-state index in [1.165, 1.54) is 11.3 Å². The van der Waals surface area contributed by atoms with Gasteiger partial charge in [-0.25, -0.2) is 4.98 Å². The zero-order chi connectivity index (χ0) is 15.3. The largest absolute Gasteiger partial charge is 0.349 e. The van der Waals surface area contributed by atoms with Crippen LogP contribution in [0.1, 0.15) is 48.7 Å². The van der Waals surface area contributed by atoms with E-state index in [0.29, 0.717) is 24.2 Å². The average Bonchev–Trinajstić information content (AvgIpc) is 2.82. The maximum Gasteiger partial charge on any atom is 0.270 e. The number of rotatable bonds is 7. The fourth-order valence-corrected chi connectivity index (χ4v) is 2.68. The standard InChI is InChI=1S/C14H26N4OS/c1-9(2)6-11(18(4)5)7-16-13(19)12-8-20-14(17-12)10(3)15/h8-11H,6-7,15H2,1-5H3,(H,16,19). The van der Waals surface area contributed by atoms with E-state index in [4.69, 9.17) is 5.73 Å². The molecule has 0 aromatic carbocycles.